The van der Waals surface area contributed by atoms with Gasteiger partial charge in [-0.25, -0.2) is 0 Å². The van der Waals surface area contributed by atoms with E-state index in [0.717, 1.165) is 37.0 Å². The minimum atomic E-state index is 0.699. The van der Waals surface area contributed by atoms with Crippen molar-refractivity contribution in [1.29, 1.82) is 0 Å². The van der Waals surface area contributed by atoms with Gasteiger partial charge in [0, 0.05) is 38.7 Å². The van der Waals surface area contributed by atoms with E-state index in [-0.39, 0.29) is 0 Å². The van der Waals surface area contributed by atoms with Crippen LogP contribution in [-0.2, 0) is 13.0 Å². The Hall–Kier alpha value is -2.17. The van der Waals surface area contributed by atoms with Crippen molar-refractivity contribution in [1.82, 2.24) is 10.2 Å². The molecule has 2 aromatic rings. The molecule has 2 rings (SSSR count). The Bertz CT molecular complexity index is 558. The third kappa shape index (κ3) is 4.41. The third-order valence-corrected chi connectivity index (χ3v) is 3.27. The Morgan fingerprint density at radius 3 is 2.76 bits per heavy atom. The van der Waals surface area contributed by atoms with Crippen molar-refractivity contribution < 1.29 is 8.83 Å². The number of aliphatic imine (C=N–C) groups is 1. The van der Waals surface area contributed by atoms with Crippen molar-refractivity contribution in [2.75, 3.05) is 20.1 Å². The zero-order valence-corrected chi connectivity index (χ0v) is 12.9. The molecule has 0 unspecified atom stereocenters. The van der Waals surface area contributed by atoms with E-state index in [9.17, 15) is 0 Å². The second kappa shape index (κ2) is 7.57. The summed E-state index contributed by atoms with van der Waals surface area (Å²) in [6, 6.07) is 5.87. The molecule has 114 valence electrons. The molecule has 5 nitrogen and oxygen atoms in total. The highest BCUT2D eigenvalue weighted by Crippen LogP contribution is 2.11. The van der Waals surface area contributed by atoms with Crippen LogP contribution in [0.1, 0.15) is 24.0 Å². The van der Waals surface area contributed by atoms with E-state index in [1.807, 2.05) is 32.2 Å². The van der Waals surface area contributed by atoms with Gasteiger partial charge in [-0.05, 0) is 32.0 Å². The molecule has 2 heterocycles. The zero-order chi connectivity index (χ0) is 15.1. The van der Waals surface area contributed by atoms with Gasteiger partial charge in [-0.3, -0.25) is 4.99 Å². The van der Waals surface area contributed by atoms with Crippen molar-refractivity contribution in [2.24, 2.45) is 4.99 Å². The van der Waals surface area contributed by atoms with Gasteiger partial charge < -0.3 is 19.1 Å². The van der Waals surface area contributed by atoms with E-state index in [2.05, 4.69) is 22.1 Å². The van der Waals surface area contributed by atoms with E-state index in [1.165, 1.54) is 5.56 Å². The quantitative estimate of drug-likeness (QED) is 0.656. The van der Waals surface area contributed by atoms with E-state index < -0.39 is 0 Å². The number of nitrogens with zero attached hydrogens (tertiary/aromatic N) is 2. The fourth-order valence-electron chi connectivity index (χ4n) is 2.10. The molecule has 0 atom stereocenters. The first kappa shape index (κ1) is 15.2. The lowest BCUT2D eigenvalue weighted by molar-refractivity contribution is 0.462. The summed E-state index contributed by atoms with van der Waals surface area (Å²) < 4.78 is 10.7. The van der Waals surface area contributed by atoms with Crippen molar-refractivity contribution in [3.8, 4) is 0 Å². The van der Waals surface area contributed by atoms with E-state index >= 15 is 0 Å². The summed E-state index contributed by atoms with van der Waals surface area (Å²) >= 11 is 0. The lowest BCUT2D eigenvalue weighted by atomic mass is 10.2. The van der Waals surface area contributed by atoms with Crippen LogP contribution in [0.3, 0.4) is 0 Å². The van der Waals surface area contributed by atoms with Gasteiger partial charge in [0.2, 0.25) is 0 Å². The molecule has 0 saturated heterocycles. The number of guanidine groups is 1. The van der Waals surface area contributed by atoms with Crippen LogP contribution in [0, 0.1) is 6.92 Å². The van der Waals surface area contributed by atoms with Crippen LogP contribution < -0.4 is 5.32 Å². The Labute approximate surface area is 125 Å². The second-order valence-electron chi connectivity index (χ2n) is 4.92. The van der Waals surface area contributed by atoms with Gasteiger partial charge in [-0.2, -0.15) is 0 Å². The third-order valence-electron chi connectivity index (χ3n) is 3.27. The molecule has 0 spiro atoms. The lowest BCUT2D eigenvalue weighted by Crippen LogP contribution is -2.38. The van der Waals surface area contributed by atoms with Crippen LogP contribution in [0.4, 0.5) is 0 Å². The highest BCUT2D eigenvalue weighted by molar-refractivity contribution is 5.79. The molecule has 21 heavy (non-hydrogen) atoms. The Morgan fingerprint density at radius 1 is 1.29 bits per heavy atom. The molecule has 1 N–H and O–H groups in total. The normalized spacial score (nSPS) is 11.7. The highest BCUT2D eigenvalue weighted by atomic mass is 16.3. The van der Waals surface area contributed by atoms with Gasteiger partial charge in [0.1, 0.15) is 11.5 Å². The van der Waals surface area contributed by atoms with Crippen LogP contribution in [0.5, 0.6) is 0 Å². The van der Waals surface area contributed by atoms with Crippen molar-refractivity contribution in [3.63, 3.8) is 0 Å². The summed E-state index contributed by atoms with van der Waals surface area (Å²) in [4.78, 5) is 6.74. The van der Waals surface area contributed by atoms with E-state index in [0.29, 0.717) is 6.54 Å². The molecule has 0 aliphatic rings. The van der Waals surface area contributed by atoms with Gasteiger partial charge in [-0.15, -0.1) is 0 Å². The van der Waals surface area contributed by atoms with Gasteiger partial charge in [0.25, 0.3) is 0 Å². The Kier molecular flexibility index (Phi) is 5.49. The Balaban J connectivity index is 1.94. The summed E-state index contributed by atoms with van der Waals surface area (Å²) in [7, 11) is 2.03. The van der Waals surface area contributed by atoms with Gasteiger partial charge >= 0.3 is 0 Å². The SMILES string of the molecule is CCNC(=NCCc1ccco1)N(C)Cc1ccoc1C. The topological polar surface area (TPSA) is 53.9 Å². The number of rotatable bonds is 6. The molecule has 0 bridgehead atoms. The molecule has 0 saturated carbocycles. The average molecular weight is 289 g/mol. The van der Waals surface area contributed by atoms with Crippen LogP contribution in [0.2, 0.25) is 0 Å². The Morgan fingerprint density at radius 2 is 2.14 bits per heavy atom. The number of aryl methyl sites for hydroxylation is 1. The second-order valence-corrected chi connectivity index (χ2v) is 4.92. The standard InChI is InChI=1S/C16H23N3O2/c1-4-17-16(18-9-7-15-6-5-10-21-15)19(3)12-14-8-11-20-13(14)2/h5-6,8,10-11H,4,7,9,12H2,1-3H3,(H,17,18). The average Bonchev–Trinajstić information content (AvgIpc) is 3.10. The molecule has 0 radical (unpaired) electrons. The zero-order valence-electron chi connectivity index (χ0n) is 12.9. The molecular weight excluding hydrogens is 266 g/mol. The molecule has 0 amide bonds. The van der Waals surface area contributed by atoms with E-state index in [1.54, 1.807) is 12.5 Å². The number of hydrogen-bond acceptors (Lipinski definition) is 3. The fourth-order valence-corrected chi connectivity index (χ4v) is 2.10. The molecular formula is C16H23N3O2. The lowest BCUT2D eigenvalue weighted by Gasteiger charge is -2.21. The summed E-state index contributed by atoms with van der Waals surface area (Å²) in [5.41, 5.74) is 1.18. The van der Waals surface area contributed by atoms with Crippen molar-refractivity contribution in [3.05, 3.63) is 47.8 Å². The molecule has 5 heteroatoms. The number of hydrogen-bond donors (Lipinski definition) is 1. The smallest absolute Gasteiger partial charge is 0.193 e. The predicted octanol–water partition coefficient (Wildman–Crippen LogP) is 2.82. The van der Waals surface area contributed by atoms with E-state index in [4.69, 9.17) is 8.83 Å². The van der Waals surface area contributed by atoms with Gasteiger partial charge in [0.05, 0.1) is 12.5 Å². The fraction of sp³-hybridized carbons (Fsp3) is 0.438. The minimum absolute atomic E-state index is 0.699. The summed E-state index contributed by atoms with van der Waals surface area (Å²) in [5, 5.41) is 3.31. The van der Waals surface area contributed by atoms with Crippen LogP contribution in [0.15, 0.2) is 44.6 Å². The minimum Gasteiger partial charge on any atom is -0.469 e. The maximum atomic E-state index is 5.34. The molecule has 0 fully saturated rings. The maximum Gasteiger partial charge on any atom is 0.193 e. The van der Waals surface area contributed by atoms with Crippen LogP contribution in [0.25, 0.3) is 0 Å². The largest absolute Gasteiger partial charge is 0.469 e. The summed E-state index contributed by atoms with van der Waals surface area (Å²) in [5.74, 6) is 2.81. The summed E-state index contributed by atoms with van der Waals surface area (Å²) in [6.45, 7) is 6.36. The first-order chi connectivity index (χ1) is 10.2. The van der Waals surface area contributed by atoms with Crippen molar-refractivity contribution in [2.45, 2.75) is 26.8 Å². The monoisotopic (exact) mass is 289 g/mol. The molecule has 0 aliphatic carbocycles. The molecule has 0 aliphatic heterocycles. The first-order valence-corrected chi connectivity index (χ1v) is 7.25. The summed E-state index contributed by atoms with van der Waals surface area (Å²) in [6.07, 6.45) is 4.22. The van der Waals surface area contributed by atoms with Gasteiger partial charge in [-0.1, -0.05) is 0 Å². The molecule has 0 aromatic carbocycles. The highest BCUT2D eigenvalue weighted by Gasteiger charge is 2.09. The first-order valence-electron chi connectivity index (χ1n) is 7.25. The van der Waals surface area contributed by atoms with Gasteiger partial charge in [0.15, 0.2) is 5.96 Å². The van der Waals surface area contributed by atoms with Crippen molar-refractivity contribution >= 4 is 5.96 Å². The number of furan rings is 2. The van der Waals surface area contributed by atoms with Crippen LogP contribution >= 0.6 is 0 Å². The number of nitrogens with one attached hydrogen (secondary N) is 1. The molecule has 2 aromatic heterocycles. The van der Waals surface area contributed by atoms with Crippen LogP contribution in [-0.4, -0.2) is 31.0 Å². The predicted molar refractivity (Wildman–Crippen MR) is 83.3 cm³/mol. The maximum absolute atomic E-state index is 5.34.